The molecule has 2 heterocycles. The molecule has 11 heteroatoms. The normalized spacial score (nSPS) is 7.43. The number of nitrogen functional groups attached to an aromatic ring is 2. The zero-order valence-corrected chi connectivity index (χ0v) is 14.4. The number of nitrogens with two attached hydrogens (primary N) is 2. The van der Waals surface area contributed by atoms with E-state index in [0.29, 0.717) is 17.4 Å². The Morgan fingerprint density at radius 2 is 1.39 bits per heavy atom. The summed E-state index contributed by atoms with van der Waals surface area (Å²) in [7, 11) is 1.00. The molecule has 0 aliphatic carbocycles. The van der Waals surface area contributed by atoms with Gasteiger partial charge in [-0.1, -0.05) is 7.43 Å². The van der Waals surface area contributed by atoms with Gasteiger partial charge < -0.3 is 23.1 Å². The minimum absolute atomic E-state index is 0. The van der Waals surface area contributed by atoms with Gasteiger partial charge in [-0.15, -0.1) is 0 Å². The third kappa shape index (κ3) is 13.8. The van der Waals surface area contributed by atoms with Crippen molar-refractivity contribution in [3.05, 3.63) is 35.9 Å². The number of hydrogen-bond donors (Lipinski definition) is 4. The van der Waals surface area contributed by atoms with Crippen LogP contribution in [0.1, 0.15) is 24.8 Å². The van der Waals surface area contributed by atoms with Crippen LogP contribution in [0.5, 0.6) is 0 Å². The van der Waals surface area contributed by atoms with E-state index in [9.17, 15) is 4.79 Å². The molecule has 0 unspecified atom stereocenters. The Kier molecular flexibility index (Phi) is 23.6. The first-order valence-electron chi connectivity index (χ1n) is 5.30. The average Bonchev–Trinajstić information content (AvgIpc) is 2.51. The Bertz CT molecular complexity index is 507. The molecule has 0 amide bonds. The number of rotatable bonds is 2. The van der Waals surface area contributed by atoms with Crippen molar-refractivity contribution in [3.63, 3.8) is 0 Å². The number of hydrogen-bond acceptors (Lipinski definition) is 9. The van der Waals surface area contributed by atoms with Crippen molar-refractivity contribution in [3.8, 4) is 0 Å². The summed E-state index contributed by atoms with van der Waals surface area (Å²) in [5.41, 5.74) is 11.4. The van der Waals surface area contributed by atoms with E-state index in [1.54, 1.807) is 0 Å². The Morgan fingerprint density at radius 1 is 1.04 bits per heavy atom. The molecule has 0 aliphatic heterocycles. The van der Waals surface area contributed by atoms with Crippen LogP contribution in [0.2, 0.25) is 0 Å². The van der Waals surface area contributed by atoms with Crippen molar-refractivity contribution in [1.29, 1.82) is 0 Å². The maximum Gasteiger partial charge on any atom is 1.00 e. The number of carbonyl (C=O) groups excluding carboxylic acids is 1. The van der Waals surface area contributed by atoms with Gasteiger partial charge in [-0.3, -0.25) is 4.79 Å². The van der Waals surface area contributed by atoms with E-state index in [1.165, 1.54) is 24.8 Å². The minimum Gasteiger partial charge on any atom is -1.00 e. The van der Waals surface area contributed by atoms with Gasteiger partial charge in [0.2, 0.25) is 11.9 Å². The third-order valence-electron chi connectivity index (χ3n) is 1.74. The summed E-state index contributed by atoms with van der Waals surface area (Å²) in [4.78, 5) is 24.5. The fourth-order valence-electron chi connectivity index (χ4n) is 0.855. The van der Waals surface area contributed by atoms with Crippen LogP contribution in [0.25, 0.3) is 0 Å². The maximum absolute atomic E-state index is 10.00. The van der Waals surface area contributed by atoms with Gasteiger partial charge in [-0.25, -0.2) is 19.9 Å². The largest absolute Gasteiger partial charge is 1.00 e. The second-order valence-electron chi connectivity index (χ2n) is 3.10. The predicted octanol–water partition coefficient (Wildman–Crippen LogP) is -3.60. The van der Waals surface area contributed by atoms with E-state index >= 15 is 0 Å². The van der Waals surface area contributed by atoms with Gasteiger partial charge in [0.25, 0.3) is 0 Å². The Morgan fingerprint density at radius 3 is 1.70 bits per heavy atom. The zero-order valence-electron chi connectivity index (χ0n) is 13.4. The number of aldehydes is 1. The first-order chi connectivity index (χ1) is 9.65. The SMILES string of the molecule is C.CO.Nc1ncc(C=O)cn1.Nc1ncc(CO)cn1.[B].[H-].[Na+]. The number of aliphatic hydroxyl groups is 2. The Hall–Kier alpha value is -1.59. The van der Waals surface area contributed by atoms with Crippen molar-refractivity contribution < 1.29 is 46.0 Å². The summed E-state index contributed by atoms with van der Waals surface area (Å²) >= 11 is 0. The van der Waals surface area contributed by atoms with E-state index in [1.807, 2.05) is 0 Å². The van der Waals surface area contributed by atoms with Crippen LogP contribution in [0.3, 0.4) is 0 Å². The molecule has 9 nitrogen and oxygen atoms in total. The maximum atomic E-state index is 10.00. The van der Waals surface area contributed by atoms with E-state index in [4.69, 9.17) is 21.7 Å². The minimum atomic E-state index is -0.0414. The Labute approximate surface area is 160 Å². The second-order valence-corrected chi connectivity index (χ2v) is 3.10. The molecular formula is C12H21BN6NaO3. The number of anilines is 2. The van der Waals surface area contributed by atoms with Crippen LogP contribution in [-0.4, -0.2) is 52.0 Å². The van der Waals surface area contributed by atoms with Gasteiger partial charge >= 0.3 is 29.6 Å². The molecule has 0 spiro atoms. The molecule has 23 heavy (non-hydrogen) atoms. The molecule has 2 aromatic rings. The van der Waals surface area contributed by atoms with Crippen LogP contribution in [0, 0.1) is 0 Å². The quantitative estimate of drug-likeness (QED) is 0.322. The Balaban J connectivity index is -0.0000000789. The van der Waals surface area contributed by atoms with Crippen molar-refractivity contribution >= 4 is 26.6 Å². The summed E-state index contributed by atoms with van der Waals surface area (Å²) < 4.78 is 0. The number of aromatic nitrogens is 4. The van der Waals surface area contributed by atoms with Crippen molar-refractivity contribution in [1.82, 2.24) is 19.9 Å². The van der Waals surface area contributed by atoms with Crippen LogP contribution < -0.4 is 41.0 Å². The molecule has 0 aliphatic rings. The van der Waals surface area contributed by atoms with Gasteiger partial charge in [-0.05, 0) is 0 Å². The summed E-state index contributed by atoms with van der Waals surface area (Å²) in [6.45, 7) is -0.0414. The third-order valence-corrected chi connectivity index (χ3v) is 1.74. The van der Waals surface area contributed by atoms with E-state index in [2.05, 4.69) is 19.9 Å². The molecule has 2 aromatic heterocycles. The molecular weight excluding hydrogens is 310 g/mol. The molecule has 0 aromatic carbocycles. The van der Waals surface area contributed by atoms with E-state index < -0.39 is 0 Å². The first-order valence-corrected chi connectivity index (χ1v) is 5.30. The average molecular weight is 331 g/mol. The fourth-order valence-corrected chi connectivity index (χ4v) is 0.855. The van der Waals surface area contributed by atoms with Gasteiger partial charge in [0, 0.05) is 45.9 Å². The fraction of sp³-hybridized carbons (Fsp3) is 0.250. The number of carbonyl (C=O) groups is 1. The van der Waals surface area contributed by atoms with Crippen LogP contribution in [0.15, 0.2) is 24.8 Å². The molecule has 6 N–H and O–H groups in total. The van der Waals surface area contributed by atoms with Gasteiger partial charge in [0.1, 0.15) is 0 Å². The number of aliphatic hydroxyl groups excluding tert-OH is 2. The predicted molar refractivity (Wildman–Crippen MR) is 85.9 cm³/mol. The second kappa shape index (κ2) is 18.5. The molecule has 0 bridgehead atoms. The summed E-state index contributed by atoms with van der Waals surface area (Å²) in [5.74, 6) is 0.410. The van der Waals surface area contributed by atoms with E-state index in [-0.39, 0.29) is 65.3 Å². The summed E-state index contributed by atoms with van der Waals surface area (Å²) in [5, 5.41) is 15.5. The summed E-state index contributed by atoms with van der Waals surface area (Å²) in [6, 6.07) is 0. The van der Waals surface area contributed by atoms with Crippen LogP contribution in [-0.2, 0) is 6.61 Å². The van der Waals surface area contributed by atoms with E-state index in [0.717, 1.165) is 7.11 Å². The van der Waals surface area contributed by atoms with Gasteiger partial charge in [-0.2, -0.15) is 0 Å². The molecule has 0 atom stereocenters. The zero-order chi connectivity index (χ0) is 15.4. The van der Waals surface area contributed by atoms with Gasteiger partial charge in [0.05, 0.1) is 12.2 Å². The molecule has 0 saturated carbocycles. The molecule has 121 valence electrons. The molecule has 3 radical (unpaired) electrons. The van der Waals surface area contributed by atoms with Gasteiger partial charge in [0.15, 0.2) is 6.29 Å². The monoisotopic (exact) mass is 331 g/mol. The first kappa shape index (κ1) is 29.4. The molecule has 0 fully saturated rings. The summed E-state index contributed by atoms with van der Waals surface area (Å²) in [6.07, 6.45) is 6.38. The van der Waals surface area contributed by atoms with Crippen molar-refractivity contribution in [2.75, 3.05) is 18.6 Å². The molecule has 0 saturated heterocycles. The topological polar surface area (TPSA) is 161 Å². The van der Waals surface area contributed by atoms with Crippen LogP contribution >= 0.6 is 0 Å². The van der Waals surface area contributed by atoms with Crippen molar-refractivity contribution in [2.45, 2.75) is 14.0 Å². The van der Waals surface area contributed by atoms with Crippen molar-refractivity contribution in [2.24, 2.45) is 0 Å². The standard InChI is InChI=1S/C5H7N3O.C5H5N3O.CH4O.CH4.B.Na.H/c2*6-5-7-1-4(3-9)2-8-5;1-2;;;;/h1-2,9H,3H2,(H2,6,7,8);1-3H,(H2,6,7,8);2H,1H3;1H4;;;/q;;;;;+1;-1. The van der Waals surface area contributed by atoms with Crippen LogP contribution in [0.4, 0.5) is 11.9 Å². The smallest absolute Gasteiger partial charge is 1.00 e. The number of nitrogens with zero attached hydrogens (tertiary/aromatic N) is 4. The molecule has 2 rings (SSSR count).